The van der Waals surface area contributed by atoms with Crippen LogP contribution >= 0.6 is 0 Å². The van der Waals surface area contributed by atoms with Gasteiger partial charge in [0.15, 0.2) is 0 Å². The van der Waals surface area contributed by atoms with Crippen LogP contribution in [0.25, 0.3) is 0 Å². The molecule has 0 aromatic heterocycles. The molecule has 8 heteroatoms. The average Bonchev–Trinajstić information content (AvgIpc) is 2.67. The number of sulfonamides is 1. The first-order chi connectivity index (χ1) is 13.2. The Kier molecular flexibility index (Phi) is 5.71. The molecule has 0 N–H and O–H groups in total. The molecule has 3 rings (SSSR count). The van der Waals surface area contributed by atoms with Gasteiger partial charge in [-0.25, -0.2) is 12.8 Å². The molecule has 0 saturated carbocycles. The SMILES string of the molecule is Cc1ccc(S(=O)(=O)N2CCN(C(=O)c3ccc(N(C)C)c(F)c3)CC2)cc1. The Morgan fingerprint density at radius 2 is 1.61 bits per heavy atom. The van der Waals surface area contributed by atoms with Crippen molar-refractivity contribution in [3.8, 4) is 0 Å². The highest BCUT2D eigenvalue weighted by Gasteiger charge is 2.30. The van der Waals surface area contributed by atoms with E-state index in [-0.39, 0.29) is 42.5 Å². The van der Waals surface area contributed by atoms with Gasteiger partial charge >= 0.3 is 0 Å². The van der Waals surface area contributed by atoms with Crippen LogP contribution in [0.1, 0.15) is 15.9 Å². The van der Waals surface area contributed by atoms with E-state index < -0.39 is 15.8 Å². The van der Waals surface area contributed by atoms with E-state index in [1.54, 1.807) is 60.3 Å². The third-order valence-corrected chi connectivity index (χ3v) is 6.77. The highest BCUT2D eigenvalue weighted by molar-refractivity contribution is 7.89. The van der Waals surface area contributed by atoms with Gasteiger partial charge in [-0.15, -0.1) is 0 Å². The fourth-order valence-corrected chi connectivity index (χ4v) is 4.60. The maximum absolute atomic E-state index is 14.2. The molecule has 1 amide bonds. The van der Waals surface area contributed by atoms with E-state index in [0.29, 0.717) is 5.69 Å². The highest BCUT2D eigenvalue weighted by atomic mass is 32.2. The van der Waals surface area contributed by atoms with Crippen molar-refractivity contribution in [2.24, 2.45) is 0 Å². The molecule has 2 aromatic rings. The molecule has 0 atom stereocenters. The van der Waals surface area contributed by atoms with E-state index in [1.807, 2.05) is 6.92 Å². The monoisotopic (exact) mass is 405 g/mol. The topological polar surface area (TPSA) is 60.9 Å². The van der Waals surface area contributed by atoms with Crippen molar-refractivity contribution < 1.29 is 17.6 Å². The molecule has 1 saturated heterocycles. The van der Waals surface area contributed by atoms with Gasteiger partial charge in [0.05, 0.1) is 10.6 Å². The van der Waals surface area contributed by atoms with Crippen molar-refractivity contribution in [1.82, 2.24) is 9.21 Å². The number of benzene rings is 2. The average molecular weight is 405 g/mol. The number of amides is 1. The van der Waals surface area contributed by atoms with Crippen molar-refractivity contribution in [2.75, 3.05) is 45.2 Å². The number of hydrogen-bond donors (Lipinski definition) is 0. The van der Waals surface area contributed by atoms with E-state index in [4.69, 9.17) is 0 Å². The summed E-state index contributed by atoms with van der Waals surface area (Å²) in [6.07, 6.45) is 0. The fourth-order valence-electron chi connectivity index (χ4n) is 3.18. The molecular weight excluding hydrogens is 381 g/mol. The van der Waals surface area contributed by atoms with Crippen LogP contribution in [0.5, 0.6) is 0 Å². The number of hydrogen-bond acceptors (Lipinski definition) is 4. The lowest BCUT2D eigenvalue weighted by Gasteiger charge is -2.34. The zero-order valence-corrected chi connectivity index (χ0v) is 17.0. The number of halogens is 1. The van der Waals surface area contributed by atoms with Crippen molar-refractivity contribution >= 4 is 21.6 Å². The first-order valence-electron chi connectivity index (χ1n) is 9.03. The van der Waals surface area contributed by atoms with Crippen molar-refractivity contribution in [3.05, 3.63) is 59.4 Å². The minimum absolute atomic E-state index is 0.209. The van der Waals surface area contributed by atoms with Crippen LogP contribution in [0.2, 0.25) is 0 Å². The van der Waals surface area contributed by atoms with Crippen molar-refractivity contribution in [3.63, 3.8) is 0 Å². The number of rotatable bonds is 4. The molecule has 0 unspecified atom stereocenters. The van der Waals surface area contributed by atoms with E-state index in [9.17, 15) is 17.6 Å². The first kappa shape index (κ1) is 20.3. The Hall–Kier alpha value is -2.45. The molecule has 0 aliphatic carbocycles. The second-order valence-corrected chi connectivity index (χ2v) is 9.01. The molecule has 0 radical (unpaired) electrons. The summed E-state index contributed by atoms with van der Waals surface area (Å²) in [5, 5.41) is 0. The molecule has 1 aliphatic rings. The summed E-state index contributed by atoms with van der Waals surface area (Å²) in [5.74, 6) is -0.756. The second kappa shape index (κ2) is 7.89. The lowest BCUT2D eigenvalue weighted by molar-refractivity contribution is 0.0697. The zero-order valence-electron chi connectivity index (χ0n) is 16.2. The van der Waals surface area contributed by atoms with Gasteiger partial charge in [0.25, 0.3) is 5.91 Å². The Morgan fingerprint density at radius 3 is 2.14 bits per heavy atom. The Morgan fingerprint density at radius 1 is 1.00 bits per heavy atom. The van der Waals surface area contributed by atoms with Crippen LogP contribution in [0.15, 0.2) is 47.4 Å². The Balaban J connectivity index is 1.69. The van der Waals surface area contributed by atoms with Gasteiger partial charge in [-0.05, 0) is 37.3 Å². The molecule has 6 nitrogen and oxygen atoms in total. The molecule has 1 fully saturated rings. The van der Waals surface area contributed by atoms with Crippen molar-refractivity contribution in [1.29, 1.82) is 0 Å². The molecule has 28 heavy (non-hydrogen) atoms. The number of carbonyl (C=O) groups excluding carboxylic acids is 1. The molecule has 1 aliphatic heterocycles. The van der Waals surface area contributed by atoms with E-state index in [1.165, 1.54) is 10.4 Å². The normalized spacial score (nSPS) is 15.5. The molecule has 150 valence electrons. The largest absolute Gasteiger partial charge is 0.375 e. The first-order valence-corrected chi connectivity index (χ1v) is 10.5. The van der Waals surface area contributed by atoms with Crippen LogP contribution in [-0.4, -0.2) is 63.8 Å². The number of carbonyl (C=O) groups is 1. The molecule has 2 aromatic carbocycles. The van der Waals surface area contributed by atoms with Crippen LogP contribution in [0, 0.1) is 12.7 Å². The maximum atomic E-state index is 14.2. The predicted octanol–water partition coefficient (Wildman–Crippen LogP) is 2.35. The summed E-state index contributed by atoms with van der Waals surface area (Å²) < 4.78 is 41.1. The predicted molar refractivity (Wildman–Crippen MR) is 107 cm³/mol. The highest BCUT2D eigenvalue weighted by Crippen LogP contribution is 2.21. The van der Waals surface area contributed by atoms with Crippen LogP contribution in [-0.2, 0) is 10.0 Å². The van der Waals surface area contributed by atoms with Crippen molar-refractivity contribution in [2.45, 2.75) is 11.8 Å². The number of anilines is 1. The summed E-state index contributed by atoms with van der Waals surface area (Å²) in [6, 6.07) is 11.1. The van der Waals surface area contributed by atoms with Gasteiger partial charge in [-0.1, -0.05) is 17.7 Å². The summed E-state index contributed by atoms with van der Waals surface area (Å²) in [5.41, 5.74) is 1.66. The van der Waals surface area contributed by atoms with Crippen LogP contribution in [0.4, 0.5) is 10.1 Å². The Labute approximate surface area is 165 Å². The van der Waals surface area contributed by atoms with Gasteiger partial charge in [-0.2, -0.15) is 4.31 Å². The van der Waals surface area contributed by atoms with Crippen LogP contribution in [0.3, 0.4) is 0 Å². The van der Waals surface area contributed by atoms with E-state index in [0.717, 1.165) is 5.56 Å². The quantitative estimate of drug-likeness (QED) is 0.784. The molecule has 0 spiro atoms. The van der Waals surface area contributed by atoms with Gasteiger partial charge in [0.1, 0.15) is 5.82 Å². The van der Waals surface area contributed by atoms with Gasteiger partial charge in [0, 0.05) is 45.8 Å². The number of nitrogens with zero attached hydrogens (tertiary/aromatic N) is 3. The lowest BCUT2D eigenvalue weighted by Crippen LogP contribution is -2.50. The summed E-state index contributed by atoms with van der Waals surface area (Å²) in [7, 11) is -0.125. The van der Waals surface area contributed by atoms with E-state index in [2.05, 4.69) is 0 Å². The number of piperazine rings is 1. The smallest absolute Gasteiger partial charge is 0.254 e. The summed E-state index contributed by atoms with van der Waals surface area (Å²) >= 11 is 0. The van der Waals surface area contributed by atoms with Gasteiger partial charge in [0.2, 0.25) is 10.0 Å². The molecule has 0 bridgehead atoms. The third-order valence-electron chi connectivity index (χ3n) is 4.86. The maximum Gasteiger partial charge on any atom is 0.254 e. The minimum atomic E-state index is -3.58. The second-order valence-electron chi connectivity index (χ2n) is 7.07. The summed E-state index contributed by atoms with van der Waals surface area (Å²) in [6.45, 7) is 2.84. The molecular formula is C20H24FN3O3S. The molecule has 1 heterocycles. The zero-order chi connectivity index (χ0) is 20.5. The lowest BCUT2D eigenvalue weighted by atomic mass is 10.1. The van der Waals surface area contributed by atoms with Crippen LogP contribution < -0.4 is 4.90 Å². The standard InChI is InChI=1S/C20H24FN3O3S/c1-15-4-7-17(8-5-15)28(26,27)24-12-10-23(11-13-24)20(25)16-6-9-19(22(2)3)18(21)14-16/h4-9,14H,10-13H2,1-3H3. The van der Waals surface area contributed by atoms with Gasteiger partial charge < -0.3 is 9.80 Å². The minimum Gasteiger partial charge on any atom is -0.375 e. The Bertz CT molecular complexity index is 967. The number of aryl methyl sites for hydroxylation is 1. The fraction of sp³-hybridized carbons (Fsp3) is 0.350. The third kappa shape index (κ3) is 4.02. The van der Waals surface area contributed by atoms with Gasteiger partial charge in [-0.3, -0.25) is 4.79 Å². The summed E-state index contributed by atoms with van der Waals surface area (Å²) in [4.78, 5) is 16.1. The van der Waals surface area contributed by atoms with E-state index >= 15 is 0 Å².